The van der Waals surface area contributed by atoms with Gasteiger partial charge in [0, 0.05) is 22.6 Å². The Labute approximate surface area is 145 Å². The number of oxazole rings is 1. The Kier molecular flexibility index (Phi) is 4.79. The van der Waals surface area contributed by atoms with Crippen LogP contribution in [0.4, 0.5) is 0 Å². The van der Waals surface area contributed by atoms with E-state index in [4.69, 9.17) is 9.15 Å². The highest BCUT2D eigenvalue weighted by Gasteiger charge is 2.14. The number of rotatable bonds is 6. The predicted molar refractivity (Wildman–Crippen MR) is 99.1 cm³/mol. The van der Waals surface area contributed by atoms with Crippen LogP contribution in [-0.4, -0.2) is 45.7 Å². The van der Waals surface area contributed by atoms with Crippen LogP contribution in [0.1, 0.15) is 0 Å². The maximum Gasteiger partial charge on any atom is 0.264 e. The van der Waals surface area contributed by atoms with Crippen molar-refractivity contribution in [3.05, 3.63) is 35.1 Å². The molecule has 1 aromatic carbocycles. The number of hydrogen-bond acceptors (Lipinski definition) is 4. The first-order valence-electron chi connectivity index (χ1n) is 7.24. The number of benzene rings is 1. The van der Waals surface area contributed by atoms with E-state index in [0.29, 0.717) is 18.4 Å². The number of aromatic nitrogens is 3. The van der Waals surface area contributed by atoms with E-state index in [9.17, 15) is 0 Å². The Hall–Kier alpha value is -1.31. The first-order valence-corrected chi connectivity index (χ1v) is 11.1. The monoisotopic (exact) mass is 397 g/mol. The van der Waals surface area contributed by atoms with Gasteiger partial charge in [0.25, 0.3) is 5.89 Å². The topological polar surface area (TPSA) is 53.1 Å². The maximum absolute atomic E-state index is 5.82. The number of imidazole rings is 1. The highest BCUT2D eigenvalue weighted by atomic mass is 79.9. The molecular weight excluding hydrogens is 378 g/mol. The summed E-state index contributed by atoms with van der Waals surface area (Å²) < 4.78 is 14.5. The molecule has 3 aromatic rings. The molecule has 0 atom stereocenters. The summed E-state index contributed by atoms with van der Waals surface area (Å²) in [5, 5.41) is 0. The molecule has 5 nitrogen and oxygen atoms in total. The van der Waals surface area contributed by atoms with Crippen molar-refractivity contribution < 1.29 is 9.15 Å². The van der Waals surface area contributed by atoms with Crippen LogP contribution in [0.2, 0.25) is 0 Å². The Bertz CT molecular complexity index is 807. The molecule has 0 fully saturated rings. The van der Waals surface area contributed by atoms with E-state index < -0.39 is 10.0 Å². The molecule has 124 valence electrons. The summed E-state index contributed by atoms with van der Waals surface area (Å²) >= 11 is 3.44. The lowest BCUT2D eigenvalue weighted by molar-refractivity contribution is 0.0904. The molecule has 0 spiro atoms. The second-order valence-corrected chi connectivity index (χ2v) is 11.7. The quantitative estimate of drug-likeness (QED) is 0.586. The molecule has 2 aromatic heterocycles. The van der Waals surface area contributed by atoms with E-state index in [1.807, 2.05) is 29.0 Å². The first kappa shape index (κ1) is 16.5. The van der Waals surface area contributed by atoms with Gasteiger partial charge in [-0.25, -0.2) is 20.0 Å². The minimum absolute atomic E-state index is 0.452. The lowest BCUT2D eigenvalue weighted by Crippen LogP contribution is -2.10. The first-order chi connectivity index (χ1) is 10.9. The fourth-order valence-electron chi connectivity index (χ4n) is 2.08. The molecule has 7 heteroatoms. The van der Waals surface area contributed by atoms with E-state index in [-0.39, 0.29) is 0 Å². The molecule has 0 saturated carbocycles. The van der Waals surface area contributed by atoms with Crippen LogP contribution in [0.25, 0.3) is 22.8 Å². The van der Waals surface area contributed by atoms with E-state index in [0.717, 1.165) is 27.9 Å². The van der Waals surface area contributed by atoms with Crippen LogP contribution < -0.4 is 0 Å². The predicted octanol–water partition coefficient (Wildman–Crippen LogP) is 4.12. The summed E-state index contributed by atoms with van der Waals surface area (Å²) in [6, 6.07) is 5.77. The average molecular weight is 398 g/mol. The standard InChI is InChI=1S/C16H20BrN3O2S/c1-23(2,3)9-8-21-11-20-7-6-18-15(20)16-19-13-5-4-12(17)10-14(13)22-16/h4-7,10H,8-9,11H2,1-3H3. The molecule has 0 amide bonds. The van der Waals surface area contributed by atoms with Crippen molar-refractivity contribution >= 4 is 37.1 Å². The molecular formula is C16H20BrN3O2S. The molecule has 0 bridgehead atoms. The second-order valence-electron chi connectivity index (χ2n) is 6.18. The number of fused-ring (bicyclic) bond motifs is 1. The van der Waals surface area contributed by atoms with Gasteiger partial charge in [-0.3, -0.25) is 0 Å². The smallest absolute Gasteiger partial charge is 0.264 e. The Morgan fingerprint density at radius 3 is 2.91 bits per heavy atom. The van der Waals surface area contributed by atoms with Gasteiger partial charge in [-0.1, -0.05) is 15.9 Å². The van der Waals surface area contributed by atoms with Gasteiger partial charge in [0.2, 0.25) is 0 Å². The number of hydrogen-bond donors (Lipinski definition) is 0. The average Bonchev–Trinajstić information content (AvgIpc) is 3.07. The van der Waals surface area contributed by atoms with E-state index in [1.165, 1.54) is 0 Å². The summed E-state index contributed by atoms with van der Waals surface area (Å²) in [6.45, 7) is 1.20. The zero-order valence-electron chi connectivity index (χ0n) is 13.5. The van der Waals surface area contributed by atoms with Gasteiger partial charge in [-0.15, -0.1) is 0 Å². The number of halogens is 1. The normalized spacial score (nSPS) is 12.9. The Morgan fingerprint density at radius 2 is 2.13 bits per heavy atom. The number of ether oxygens (including phenoxy) is 1. The summed E-state index contributed by atoms with van der Waals surface area (Å²) in [4.78, 5) is 8.85. The fraction of sp³-hybridized carbons (Fsp3) is 0.375. The van der Waals surface area contributed by atoms with Gasteiger partial charge in [-0.2, -0.15) is 0 Å². The van der Waals surface area contributed by atoms with Crippen molar-refractivity contribution in [2.45, 2.75) is 6.73 Å². The molecule has 0 unspecified atom stereocenters. The molecule has 0 N–H and O–H groups in total. The van der Waals surface area contributed by atoms with Gasteiger partial charge in [0.05, 0.1) is 6.61 Å². The third-order valence-corrected chi connectivity index (χ3v) is 5.21. The van der Waals surface area contributed by atoms with Crippen LogP contribution in [0.3, 0.4) is 0 Å². The highest BCUT2D eigenvalue weighted by molar-refractivity contribution is 9.10. The van der Waals surface area contributed by atoms with Crippen LogP contribution in [0.15, 0.2) is 39.5 Å². The molecule has 0 aliphatic carbocycles. The third-order valence-electron chi connectivity index (χ3n) is 3.33. The van der Waals surface area contributed by atoms with Gasteiger partial charge < -0.3 is 13.7 Å². The van der Waals surface area contributed by atoms with Crippen molar-refractivity contribution in [1.82, 2.24) is 14.5 Å². The van der Waals surface area contributed by atoms with Crippen LogP contribution in [0, 0.1) is 0 Å². The molecule has 2 heterocycles. The van der Waals surface area contributed by atoms with Gasteiger partial charge >= 0.3 is 0 Å². The summed E-state index contributed by atoms with van der Waals surface area (Å²) in [7, 11) is -0.534. The Morgan fingerprint density at radius 1 is 1.30 bits per heavy atom. The largest absolute Gasteiger partial charge is 0.434 e. The van der Waals surface area contributed by atoms with Crippen molar-refractivity contribution in [3.8, 4) is 11.7 Å². The van der Waals surface area contributed by atoms with E-state index in [1.54, 1.807) is 6.20 Å². The SMILES string of the molecule is CS(C)(C)CCOCn1ccnc1-c1nc2ccc(Br)cc2o1. The second kappa shape index (κ2) is 6.67. The van der Waals surface area contributed by atoms with Crippen LogP contribution in [0.5, 0.6) is 0 Å². The minimum Gasteiger partial charge on any atom is -0.434 e. The fourth-order valence-corrected chi connectivity index (χ4v) is 3.04. The highest BCUT2D eigenvalue weighted by Crippen LogP contribution is 2.33. The van der Waals surface area contributed by atoms with Crippen LogP contribution >= 0.6 is 26.0 Å². The van der Waals surface area contributed by atoms with Gasteiger partial charge in [-0.05, 0) is 37.0 Å². The summed E-state index contributed by atoms with van der Waals surface area (Å²) in [5.41, 5.74) is 1.55. The molecule has 0 aliphatic rings. The molecule has 0 radical (unpaired) electrons. The van der Waals surface area contributed by atoms with Gasteiger partial charge in [0.15, 0.2) is 11.4 Å². The lowest BCUT2D eigenvalue weighted by atomic mass is 10.3. The van der Waals surface area contributed by atoms with Crippen molar-refractivity contribution in [1.29, 1.82) is 0 Å². The summed E-state index contributed by atoms with van der Waals surface area (Å²) in [6.07, 6.45) is 10.5. The third kappa shape index (κ3) is 4.16. The summed E-state index contributed by atoms with van der Waals surface area (Å²) in [5.74, 6) is 2.28. The number of nitrogens with zero attached hydrogens (tertiary/aromatic N) is 3. The van der Waals surface area contributed by atoms with E-state index in [2.05, 4.69) is 44.7 Å². The zero-order chi connectivity index (χ0) is 16.4. The molecule has 23 heavy (non-hydrogen) atoms. The van der Waals surface area contributed by atoms with Crippen molar-refractivity contribution in [3.63, 3.8) is 0 Å². The van der Waals surface area contributed by atoms with Crippen molar-refractivity contribution in [2.24, 2.45) is 0 Å². The maximum atomic E-state index is 5.82. The zero-order valence-corrected chi connectivity index (χ0v) is 15.9. The molecule has 3 rings (SSSR count). The van der Waals surface area contributed by atoms with Crippen molar-refractivity contribution in [2.75, 3.05) is 31.1 Å². The van der Waals surface area contributed by atoms with Crippen LogP contribution in [-0.2, 0) is 11.5 Å². The van der Waals surface area contributed by atoms with E-state index >= 15 is 0 Å². The van der Waals surface area contributed by atoms with Gasteiger partial charge in [0.1, 0.15) is 12.2 Å². The Balaban J connectivity index is 1.74. The molecule has 0 aliphatic heterocycles. The minimum atomic E-state index is -0.534. The lowest BCUT2D eigenvalue weighted by Gasteiger charge is -2.24. The molecule has 0 saturated heterocycles.